The molecule has 0 aliphatic rings. The lowest BCUT2D eigenvalue weighted by Crippen LogP contribution is -2.35. The molecule has 0 atom stereocenters. The standard InChI is InChI=1S/C15H25N3O/c1-4-11-18(5-2)12-10-17-15(19)13-8-6-7-9-14(13)16-3/h6-9,16H,4-5,10-12H2,1-3H3,(H,17,19). The van der Waals surface area contributed by atoms with E-state index in [1.165, 1.54) is 0 Å². The molecule has 1 rings (SSSR count). The van der Waals surface area contributed by atoms with Crippen LogP contribution in [0.4, 0.5) is 5.69 Å². The zero-order chi connectivity index (χ0) is 14.1. The highest BCUT2D eigenvalue weighted by atomic mass is 16.1. The zero-order valence-electron chi connectivity index (χ0n) is 12.2. The maximum atomic E-state index is 12.1. The van der Waals surface area contributed by atoms with Crippen molar-refractivity contribution in [2.45, 2.75) is 20.3 Å². The molecule has 0 heterocycles. The molecule has 0 radical (unpaired) electrons. The van der Waals surface area contributed by atoms with E-state index in [1.807, 2.05) is 31.3 Å². The minimum Gasteiger partial charge on any atom is -0.387 e. The molecule has 4 nitrogen and oxygen atoms in total. The first-order valence-corrected chi connectivity index (χ1v) is 7.00. The first-order valence-electron chi connectivity index (χ1n) is 7.00. The molecule has 0 aliphatic carbocycles. The molecule has 0 unspecified atom stereocenters. The van der Waals surface area contributed by atoms with Gasteiger partial charge >= 0.3 is 0 Å². The van der Waals surface area contributed by atoms with Gasteiger partial charge < -0.3 is 15.5 Å². The third-order valence-corrected chi connectivity index (χ3v) is 3.14. The summed E-state index contributed by atoms with van der Waals surface area (Å²) in [5.41, 5.74) is 1.56. The Balaban J connectivity index is 2.47. The SMILES string of the molecule is CCCN(CC)CCNC(=O)c1ccccc1NC. The van der Waals surface area contributed by atoms with Gasteiger partial charge in [0.25, 0.3) is 5.91 Å². The Morgan fingerprint density at radius 2 is 1.95 bits per heavy atom. The molecular formula is C15H25N3O. The highest BCUT2D eigenvalue weighted by molar-refractivity contribution is 5.99. The zero-order valence-corrected chi connectivity index (χ0v) is 12.2. The van der Waals surface area contributed by atoms with Crippen molar-refractivity contribution in [3.63, 3.8) is 0 Å². The van der Waals surface area contributed by atoms with Crippen molar-refractivity contribution in [1.82, 2.24) is 10.2 Å². The van der Waals surface area contributed by atoms with Crippen molar-refractivity contribution in [2.24, 2.45) is 0 Å². The predicted octanol–water partition coefficient (Wildman–Crippen LogP) is 2.19. The van der Waals surface area contributed by atoms with Gasteiger partial charge in [-0.05, 0) is 31.6 Å². The van der Waals surface area contributed by atoms with Crippen molar-refractivity contribution >= 4 is 11.6 Å². The monoisotopic (exact) mass is 263 g/mol. The molecule has 19 heavy (non-hydrogen) atoms. The smallest absolute Gasteiger partial charge is 0.253 e. The fraction of sp³-hybridized carbons (Fsp3) is 0.533. The van der Waals surface area contributed by atoms with Crippen LogP contribution in [-0.4, -0.2) is 44.0 Å². The van der Waals surface area contributed by atoms with Crippen LogP contribution in [0.15, 0.2) is 24.3 Å². The number of nitrogens with one attached hydrogen (secondary N) is 2. The lowest BCUT2D eigenvalue weighted by molar-refractivity contribution is 0.0949. The Hall–Kier alpha value is -1.55. The van der Waals surface area contributed by atoms with Gasteiger partial charge in [-0.25, -0.2) is 0 Å². The van der Waals surface area contributed by atoms with E-state index in [0.29, 0.717) is 12.1 Å². The first-order chi connectivity index (χ1) is 9.22. The van der Waals surface area contributed by atoms with E-state index < -0.39 is 0 Å². The summed E-state index contributed by atoms with van der Waals surface area (Å²) < 4.78 is 0. The first kappa shape index (κ1) is 15.5. The average Bonchev–Trinajstić information content (AvgIpc) is 2.46. The summed E-state index contributed by atoms with van der Waals surface area (Å²) in [6.45, 7) is 8.01. The molecule has 0 aromatic heterocycles. The number of benzene rings is 1. The molecule has 1 aromatic rings. The number of para-hydroxylation sites is 1. The largest absolute Gasteiger partial charge is 0.387 e. The van der Waals surface area contributed by atoms with Crippen LogP contribution in [0.25, 0.3) is 0 Å². The van der Waals surface area contributed by atoms with Crippen molar-refractivity contribution in [3.8, 4) is 0 Å². The van der Waals surface area contributed by atoms with Crippen molar-refractivity contribution < 1.29 is 4.79 Å². The number of hydrogen-bond acceptors (Lipinski definition) is 3. The maximum absolute atomic E-state index is 12.1. The molecule has 0 aliphatic heterocycles. The Labute approximate surface area is 116 Å². The molecule has 0 fully saturated rings. The van der Waals surface area contributed by atoms with Crippen molar-refractivity contribution in [1.29, 1.82) is 0 Å². The molecule has 0 saturated heterocycles. The van der Waals surface area contributed by atoms with Crippen molar-refractivity contribution in [2.75, 3.05) is 38.5 Å². The summed E-state index contributed by atoms with van der Waals surface area (Å²) in [5.74, 6) is -0.0162. The number of nitrogens with zero attached hydrogens (tertiary/aromatic N) is 1. The highest BCUT2D eigenvalue weighted by Crippen LogP contribution is 2.13. The summed E-state index contributed by atoms with van der Waals surface area (Å²) in [4.78, 5) is 14.4. The highest BCUT2D eigenvalue weighted by Gasteiger charge is 2.09. The second-order valence-electron chi connectivity index (χ2n) is 4.49. The molecule has 0 saturated carbocycles. The van der Waals surface area contributed by atoms with Gasteiger partial charge in [-0.15, -0.1) is 0 Å². The summed E-state index contributed by atoms with van der Waals surface area (Å²) in [5, 5.41) is 6.01. The van der Waals surface area contributed by atoms with E-state index in [1.54, 1.807) is 0 Å². The number of rotatable bonds is 8. The summed E-state index contributed by atoms with van der Waals surface area (Å²) >= 11 is 0. The fourth-order valence-electron chi connectivity index (χ4n) is 2.07. The molecular weight excluding hydrogens is 238 g/mol. The van der Waals surface area contributed by atoms with E-state index in [0.717, 1.165) is 31.7 Å². The minimum absolute atomic E-state index is 0.0162. The molecule has 2 N–H and O–H groups in total. The topological polar surface area (TPSA) is 44.4 Å². The maximum Gasteiger partial charge on any atom is 0.253 e. The molecule has 0 bridgehead atoms. The second-order valence-corrected chi connectivity index (χ2v) is 4.49. The van der Waals surface area contributed by atoms with Gasteiger partial charge in [0.05, 0.1) is 5.56 Å². The third-order valence-electron chi connectivity index (χ3n) is 3.14. The normalized spacial score (nSPS) is 10.5. The van der Waals surface area contributed by atoms with E-state index >= 15 is 0 Å². The van der Waals surface area contributed by atoms with Gasteiger partial charge in [-0.3, -0.25) is 4.79 Å². The molecule has 1 amide bonds. The number of likely N-dealkylation sites (N-methyl/N-ethyl adjacent to an activating group) is 1. The number of hydrogen-bond donors (Lipinski definition) is 2. The van der Waals surface area contributed by atoms with Gasteiger partial charge in [0, 0.05) is 25.8 Å². The number of carbonyl (C=O) groups is 1. The molecule has 4 heteroatoms. The number of carbonyl (C=O) groups excluding carboxylic acids is 1. The summed E-state index contributed by atoms with van der Waals surface area (Å²) in [6.07, 6.45) is 1.14. The van der Waals surface area contributed by atoms with E-state index in [-0.39, 0.29) is 5.91 Å². The number of anilines is 1. The minimum atomic E-state index is -0.0162. The van der Waals surface area contributed by atoms with Crippen molar-refractivity contribution in [3.05, 3.63) is 29.8 Å². The Morgan fingerprint density at radius 3 is 2.58 bits per heavy atom. The second kappa shape index (κ2) is 8.53. The number of amides is 1. The summed E-state index contributed by atoms with van der Waals surface area (Å²) in [7, 11) is 1.83. The quantitative estimate of drug-likeness (QED) is 0.755. The van der Waals surface area contributed by atoms with Crippen LogP contribution in [0.3, 0.4) is 0 Å². The van der Waals surface area contributed by atoms with Crippen LogP contribution in [0.2, 0.25) is 0 Å². The van der Waals surface area contributed by atoms with Gasteiger partial charge in [0.1, 0.15) is 0 Å². The average molecular weight is 263 g/mol. The molecule has 1 aromatic carbocycles. The van der Waals surface area contributed by atoms with Gasteiger partial charge in [-0.2, -0.15) is 0 Å². The van der Waals surface area contributed by atoms with Gasteiger partial charge in [0.2, 0.25) is 0 Å². The third kappa shape index (κ3) is 4.91. The van der Waals surface area contributed by atoms with Crippen LogP contribution >= 0.6 is 0 Å². The van der Waals surface area contributed by atoms with Crippen LogP contribution in [0.1, 0.15) is 30.6 Å². The van der Waals surface area contributed by atoms with E-state index in [2.05, 4.69) is 29.4 Å². The fourth-order valence-corrected chi connectivity index (χ4v) is 2.07. The lowest BCUT2D eigenvalue weighted by atomic mass is 10.1. The van der Waals surface area contributed by atoms with E-state index in [9.17, 15) is 4.79 Å². The van der Waals surface area contributed by atoms with Crippen LogP contribution < -0.4 is 10.6 Å². The molecule has 0 spiro atoms. The van der Waals surface area contributed by atoms with Gasteiger partial charge in [0.15, 0.2) is 0 Å². The molecule has 106 valence electrons. The Kier molecular flexibility index (Phi) is 6.97. The Bertz CT molecular complexity index is 393. The van der Waals surface area contributed by atoms with Crippen LogP contribution in [0, 0.1) is 0 Å². The lowest BCUT2D eigenvalue weighted by Gasteiger charge is -2.19. The van der Waals surface area contributed by atoms with Gasteiger partial charge in [-0.1, -0.05) is 26.0 Å². The Morgan fingerprint density at radius 1 is 1.21 bits per heavy atom. The summed E-state index contributed by atoms with van der Waals surface area (Å²) in [6, 6.07) is 7.54. The van der Waals surface area contributed by atoms with Crippen LogP contribution in [-0.2, 0) is 0 Å². The predicted molar refractivity (Wildman–Crippen MR) is 80.7 cm³/mol. The van der Waals surface area contributed by atoms with E-state index in [4.69, 9.17) is 0 Å². The van der Waals surface area contributed by atoms with Crippen LogP contribution in [0.5, 0.6) is 0 Å².